The van der Waals surface area contributed by atoms with Gasteiger partial charge in [0.05, 0.1) is 10.9 Å². The van der Waals surface area contributed by atoms with E-state index in [0.717, 1.165) is 23.9 Å². The van der Waals surface area contributed by atoms with E-state index in [1.54, 1.807) is 7.05 Å². The summed E-state index contributed by atoms with van der Waals surface area (Å²) in [6.45, 7) is 4.37. The van der Waals surface area contributed by atoms with Gasteiger partial charge in [-0.15, -0.1) is 11.6 Å². The molecule has 0 amide bonds. The molecule has 0 aliphatic heterocycles. The van der Waals surface area contributed by atoms with Crippen LogP contribution in [0.5, 0.6) is 0 Å². The summed E-state index contributed by atoms with van der Waals surface area (Å²) in [5, 5.41) is -0.0256. The zero-order valence-corrected chi connectivity index (χ0v) is 11.7. The Morgan fingerprint density at radius 3 is 2.72 bits per heavy atom. The number of rotatable bonds is 4. The van der Waals surface area contributed by atoms with Crippen LogP contribution in [0.15, 0.2) is 27.4 Å². The maximum atomic E-state index is 11.4. The van der Waals surface area contributed by atoms with E-state index >= 15 is 0 Å². The molecule has 4 heteroatoms. The number of hydrogen-bond acceptors (Lipinski definition) is 2. The van der Waals surface area contributed by atoms with Crippen LogP contribution in [0.3, 0.4) is 0 Å². The van der Waals surface area contributed by atoms with E-state index < -0.39 is 0 Å². The third-order valence-electron chi connectivity index (χ3n) is 3.18. The third kappa shape index (κ3) is 2.61. The molecule has 98 valence electrons. The van der Waals surface area contributed by atoms with Gasteiger partial charge in [0.1, 0.15) is 0 Å². The molecule has 0 saturated heterocycles. The number of aromatic nitrogens is 1. The quantitative estimate of drug-likeness (QED) is 0.789. The maximum absolute atomic E-state index is 11.4. The molecular formula is C14H18ClNO2. The Kier molecular flexibility index (Phi) is 3.81. The molecule has 0 spiro atoms. The van der Waals surface area contributed by atoms with Crippen molar-refractivity contribution in [3.05, 3.63) is 34.3 Å². The molecule has 1 heterocycles. The zero-order chi connectivity index (χ0) is 13.3. The summed E-state index contributed by atoms with van der Waals surface area (Å²) in [4.78, 5) is 11.4. The average Bonchev–Trinajstić information content (AvgIpc) is 2.61. The van der Waals surface area contributed by atoms with E-state index in [-0.39, 0.29) is 11.1 Å². The molecule has 1 aromatic heterocycles. The van der Waals surface area contributed by atoms with Crippen LogP contribution in [-0.4, -0.2) is 4.57 Å². The lowest BCUT2D eigenvalue weighted by Crippen LogP contribution is -2.08. The lowest BCUT2D eigenvalue weighted by molar-refractivity contribution is 0.527. The molecular weight excluding hydrogens is 250 g/mol. The van der Waals surface area contributed by atoms with Gasteiger partial charge in [0.2, 0.25) is 0 Å². The Morgan fingerprint density at radius 1 is 1.33 bits per heavy atom. The monoisotopic (exact) mass is 267 g/mol. The maximum Gasteiger partial charge on any atom is 0.419 e. The first-order chi connectivity index (χ1) is 8.49. The van der Waals surface area contributed by atoms with E-state index in [9.17, 15) is 4.79 Å². The summed E-state index contributed by atoms with van der Waals surface area (Å²) in [5.74, 6) is 0.306. The van der Waals surface area contributed by atoms with Crippen molar-refractivity contribution in [2.75, 3.05) is 0 Å². The summed E-state index contributed by atoms with van der Waals surface area (Å²) < 4.78 is 6.66. The van der Waals surface area contributed by atoms with Crippen LogP contribution in [0.2, 0.25) is 0 Å². The fourth-order valence-electron chi connectivity index (χ4n) is 1.99. The molecule has 0 aliphatic rings. The van der Waals surface area contributed by atoms with Gasteiger partial charge < -0.3 is 4.42 Å². The fourth-order valence-corrected chi connectivity index (χ4v) is 2.25. The van der Waals surface area contributed by atoms with E-state index in [2.05, 4.69) is 13.8 Å². The van der Waals surface area contributed by atoms with Gasteiger partial charge in [0, 0.05) is 7.05 Å². The van der Waals surface area contributed by atoms with Gasteiger partial charge >= 0.3 is 5.76 Å². The van der Waals surface area contributed by atoms with Crippen LogP contribution in [0.25, 0.3) is 11.1 Å². The number of benzene rings is 1. The van der Waals surface area contributed by atoms with Crippen molar-refractivity contribution in [2.45, 2.75) is 32.1 Å². The van der Waals surface area contributed by atoms with E-state index in [1.165, 1.54) is 4.57 Å². The van der Waals surface area contributed by atoms with Gasteiger partial charge in [0.25, 0.3) is 0 Å². The summed E-state index contributed by atoms with van der Waals surface area (Å²) in [6, 6.07) is 5.73. The first-order valence-corrected chi connectivity index (χ1v) is 6.66. The number of aryl methyl sites for hydroxylation is 1. The second-order valence-electron chi connectivity index (χ2n) is 5.09. The van der Waals surface area contributed by atoms with Gasteiger partial charge in [-0.25, -0.2) is 4.79 Å². The van der Waals surface area contributed by atoms with Gasteiger partial charge in [-0.2, -0.15) is 0 Å². The Labute approximate surface area is 111 Å². The predicted octanol–water partition coefficient (Wildman–Crippen LogP) is 3.85. The summed E-state index contributed by atoms with van der Waals surface area (Å²) >= 11 is 6.37. The summed E-state index contributed by atoms with van der Waals surface area (Å²) in [5.41, 5.74) is 2.42. The Balaban J connectivity index is 2.27. The number of halogens is 1. The number of alkyl halides is 1. The average molecular weight is 268 g/mol. The van der Waals surface area contributed by atoms with Crippen molar-refractivity contribution in [1.29, 1.82) is 0 Å². The van der Waals surface area contributed by atoms with Crippen LogP contribution in [0.1, 0.15) is 37.6 Å². The molecule has 1 aromatic carbocycles. The van der Waals surface area contributed by atoms with Crippen molar-refractivity contribution in [2.24, 2.45) is 13.0 Å². The minimum atomic E-state index is -0.338. The highest BCUT2D eigenvalue weighted by Crippen LogP contribution is 2.29. The minimum Gasteiger partial charge on any atom is -0.408 e. The van der Waals surface area contributed by atoms with Crippen molar-refractivity contribution >= 4 is 22.7 Å². The molecule has 2 rings (SSSR count). The molecule has 0 saturated carbocycles. The molecule has 0 radical (unpaired) electrons. The topological polar surface area (TPSA) is 35.1 Å². The second-order valence-corrected chi connectivity index (χ2v) is 5.62. The number of fused-ring (bicyclic) bond motifs is 1. The van der Waals surface area contributed by atoms with E-state index in [0.29, 0.717) is 11.5 Å². The summed E-state index contributed by atoms with van der Waals surface area (Å²) in [6.07, 6.45) is 2.02. The van der Waals surface area contributed by atoms with Gasteiger partial charge in [0.15, 0.2) is 5.58 Å². The summed E-state index contributed by atoms with van der Waals surface area (Å²) in [7, 11) is 1.70. The van der Waals surface area contributed by atoms with E-state index in [4.69, 9.17) is 16.0 Å². The molecule has 1 unspecified atom stereocenters. The number of hydrogen-bond donors (Lipinski definition) is 0. The number of oxazole rings is 1. The van der Waals surface area contributed by atoms with Gasteiger partial charge in [-0.05, 0) is 36.5 Å². The van der Waals surface area contributed by atoms with Crippen LogP contribution in [-0.2, 0) is 7.05 Å². The lowest BCUT2D eigenvalue weighted by atomic mass is 10.0. The third-order valence-corrected chi connectivity index (χ3v) is 3.65. The predicted molar refractivity (Wildman–Crippen MR) is 74.1 cm³/mol. The largest absolute Gasteiger partial charge is 0.419 e. The number of nitrogens with zero attached hydrogens (tertiary/aromatic N) is 1. The molecule has 0 bridgehead atoms. The molecule has 0 fully saturated rings. The highest BCUT2D eigenvalue weighted by Gasteiger charge is 2.12. The molecule has 2 aromatic rings. The Bertz CT molecular complexity index is 597. The molecule has 0 aliphatic carbocycles. The first kappa shape index (κ1) is 13.2. The van der Waals surface area contributed by atoms with Crippen LogP contribution < -0.4 is 5.76 Å². The van der Waals surface area contributed by atoms with Crippen molar-refractivity contribution in [3.8, 4) is 0 Å². The van der Waals surface area contributed by atoms with E-state index in [1.807, 2.05) is 18.2 Å². The minimum absolute atomic E-state index is 0.0256. The molecule has 18 heavy (non-hydrogen) atoms. The lowest BCUT2D eigenvalue weighted by Gasteiger charge is -2.11. The van der Waals surface area contributed by atoms with Crippen molar-refractivity contribution < 1.29 is 4.42 Å². The molecule has 0 N–H and O–H groups in total. The standard InChI is InChI=1S/C14H18ClNO2/c1-9(2)4-6-11(15)10-5-7-12-13(8-10)18-14(17)16(12)3/h5,7-9,11H,4,6H2,1-3H3. The van der Waals surface area contributed by atoms with Gasteiger partial charge in [-0.1, -0.05) is 19.9 Å². The highest BCUT2D eigenvalue weighted by molar-refractivity contribution is 6.20. The van der Waals surface area contributed by atoms with Crippen LogP contribution >= 0.6 is 11.6 Å². The smallest absolute Gasteiger partial charge is 0.408 e. The second kappa shape index (κ2) is 5.19. The Hall–Kier alpha value is -1.22. The van der Waals surface area contributed by atoms with Gasteiger partial charge in [-0.3, -0.25) is 4.57 Å². The zero-order valence-electron chi connectivity index (χ0n) is 10.9. The van der Waals surface area contributed by atoms with Crippen molar-refractivity contribution in [1.82, 2.24) is 4.57 Å². The molecule has 1 atom stereocenters. The fraction of sp³-hybridized carbons (Fsp3) is 0.500. The Morgan fingerprint density at radius 2 is 2.06 bits per heavy atom. The van der Waals surface area contributed by atoms with Crippen LogP contribution in [0.4, 0.5) is 0 Å². The highest BCUT2D eigenvalue weighted by atomic mass is 35.5. The van der Waals surface area contributed by atoms with Crippen LogP contribution in [0, 0.1) is 5.92 Å². The SMILES string of the molecule is CC(C)CCC(Cl)c1ccc2c(c1)oc(=O)n2C. The van der Waals surface area contributed by atoms with Crippen molar-refractivity contribution in [3.63, 3.8) is 0 Å². The molecule has 3 nitrogen and oxygen atoms in total. The first-order valence-electron chi connectivity index (χ1n) is 6.22. The normalized spacial score (nSPS) is 13.4.